The minimum Gasteiger partial charge on any atom is -0.496 e. The van der Waals surface area contributed by atoms with Gasteiger partial charge in [0.05, 0.1) is 19.7 Å². The number of amides is 1. The van der Waals surface area contributed by atoms with Gasteiger partial charge < -0.3 is 9.64 Å². The van der Waals surface area contributed by atoms with Gasteiger partial charge in [0, 0.05) is 37.8 Å². The van der Waals surface area contributed by atoms with E-state index in [1.165, 1.54) is 11.1 Å². The first-order chi connectivity index (χ1) is 13.2. The van der Waals surface area contributed by atoms with Gasteiger partial charge in [0.15, 0.2) is 0 Å². The Kier molecular flexibility index (Phi) is 4.67. The summed E-state index contributed by atoms with van der Waals surface area (Å²) in [7, 11) is 3.56. The molecule has 0 fully saturated rings. The maximum Gasteiger partial charge on any atom is 0.227 e. The number of carbonyl (C=O) groups is 1. The summed E-state index contributed by atoms with van der Waals surface area (Å²) < 4.78 is 7.21. The highest BCUT2D eigenvalue weighted by Gasteiger charge is 2.30. The number of nitrogens with zero attached hydrogens (tertiary/aromatic N) is 3. The zero-order valence-corrected chi connectivity index (χ0v) is 15.6. The van der Waals surface area contributed by atoms with Crippen molar-refractivity contribution >= 4 is 5.91 Å². The molecule has 2 heterocycles. The van der Waals surface area contributed by atoms with Crippen LogP contribution >= 0.6 is 0 Å². The topological polar surface area (TPSA) is 47.4 Å². The lowest BCUT2D eigenvalue weighted by atomic mass is 9.86. The number of carbonyl (C=O) groups excluding carboxylic acids is 1. The molecule has 1 atom stereocenters. The van der Waals surface area contributed by atoms with Gasteiger partial charge in [-0.2, -0.15) is 5.10 Å². The van der Waals surface area contributed by atoms with Crippen LogP contribution in [0.5, 0.6) is 5.75 Å². The van der Waals surface area contributed by atoms with Crippen molar-refractivity contribution in [3.05, 3.63) is 83.2 Å². The van der Waals surface area contributed by atoms with E-state index in [-0.39, 0.29) is 11.8 Å². The molecule has 138 valence electrons. The van der Waals surface area contributed by atoms with Gasteiger partial charge in [0.2, 0.25) is 5.91 Å². The normalized spacial score (nSPS) is 16.1. The molecular weight excluding hydrogens is 338 g/mol. The van der Waals surface area contributed by atoms with Gasteiger partial charge in [-0.25, -0.2) is 0 Å². The Morgan fingerprint density at radius 3 is 2.74 bits per heavy atom. The second-order valence-corrected chi connectivity index (χ2v) is 6.96. The summed E-state index contributed by atoms with van der Waals surface area (Å²) in [6.45, 7) is 1.30. The zero-order chi connectivity index (χ0) is 18.8. The molecule has 0 saturated heterocycles. The Morgan fingerprint density at radius 2 is 1.96 bits per heavy atom. The van der Waals surface area contributed by atoms with E-state index >= 15 is 0 Å². The first-order valence-corrected chi connectivity index (χ1v) is 9.11. The van der Waals surface area contributed by atoms with Gasteiger partial charge in [0.25, 0.3) is 0 Å². The number of rotatable bonds is 4. The largest absolute Gasteiger partial charge is 0.496 e. The fourth-order valence-corrected chi connectivity index (χ4v) is 3.83. The lowest BCUT2D eigenvalue weighted by Crippen LogP contribution is -2.39. The van der Waals surface area contributed by atoms with Crippen molar-refractivity contribution in [2.24, 2.45) is 7.05 Å². The molecule has 5 nitrogen and oxygen atoms in total. The third-order valence-corrected chi connectivity index (χ3v) is 5.21. The molecule has 4 rings (SSSR count). The van der Waals surface area contributed by atoms with E-state index in [4.69, 9.17) is 4.74 Å². The Hall–Kier alpha value is -3.08. The van der Waals surface area contributed by atoms with Crippen LogP contribution in [0.25, 0.3) is 0 Å². The first-order valence-electron chi connectivity index (χ1n) is 9.11. The molecule has 1 aliphatic heterocycles. The lowest BCUT2D eigenvalue weighted by Gasteiger charge is -2.34. The van der Waals surface area contributed by atoms with E-state index in [2.05, 4.69) is 23.3 Å². The number of benzene rings is 2. The Bertz CT molecular complexity index is 963. The van der Waals surface area contributed by atoms with Crippen LogP contribution in [0.15, 0.2) is 60.9 Å². The number of methoxy groups -OCH3 is 1. The third kappa shape index (κ3) is 3.45. The molecule has 0 saturated carbocycles. The van der Waals surface area contributed by atoms with Crippen molar-refractivity contribution in [3.63, 3.8) is 0 Å². The minimum atomic E-state index is 0.114. The quantitative estimate of drug-likeness (QED) is 0.717. The second kappa shape index (κ2) is 7.27. The van der Waals surface area contributed by atoms with Gasteiger partial charge in [-0.1, -0.05) is 42.5 Å². The van der Waals surface area contributed by atoms with Gasteiger partial charge in [-0.05, 0) is 22.8 Å². The maximum atomic E-state index is 13.1. The summed E-state index contributed by atoms with van der Waals surface area (Å²) in [6, 6.07) is 16.1. The van der Waals surface area contributed by atoms with Crippen molar-refractivity contribution in [2.75, 3.05) is 13.7 Å². The van der Waals surface area contributed by atoms with E-state index in [0.717, 1.165) is 16.9 Å². The van der Waals surface area contributed by atoms with Crippen molar-refractivity contribution in [3.8, 4) is 5.75 Å². The number of aryl methyl sites for hydroxylation is 1. The second-order valence-electron chi connectivity index (χ2n) is 6.96. The molecule has 1 amide bonds. The number of aromatic nitrogens is 2. The summed E-state index contributed by atoms with van der Waals surface area (Å²) in [4.78, 5) is 15.0. The molecule has 0 bridgehead atoms. The highest BCUT2D eigenvalue weighted by atomic mass is 16.5. The molecular formula is C22H23N3O2. The smallest absolute Gasteiger partial charge is 0.227 e. The summed E-state index contributed by atoms with van der Waals surface area (Å²) >= 11 is 0. The van der Waals surface area contributed by atoms with Crippen molar-refractivity contribution in [1.29, 1.82) is 0 Å². The van der Waals surface area contributed by atoms with Crippen LogP contribution in [0.1, 0.15) is 28.2 Å². The Labute approximate surface area is 159 Å². The molecule has 1 aromatic heterocycles. The number of hydrogen-bond acceptors (Lipinski definition) is 3. The Morgan fingerprint density at radius 1 is 1.19 bits per heavy atom. The van der Waals surface area contributed by atoms with Crippen LogP contribution in [0, 0.1) is 0 Å². The monoisotopic (exact) mass is 361 g/mol. The maximum absolute atomic E-state index is 13.1. The molecule has 3 aromatic rings. The van der Waals surface area contributed by atoms with E-state index in [1.54, 1.807) is 7.11 Å². The summed E-state index contributed by atoms with van der Waals surface area (Å²) in [5.74, 6) is 1.01. The van der Waals surface area contributed by atoms with Crippen molar-refractivity contribution in [2.45, 2.75) is 18.9 Å². The number of hydrogen-bond donors (Lipinski definition) is 0. The molecule has 27 heavy (non-hydrogen) atoms. The van der Waals surface area contributed by atoms with Crippen LogP contribution in [-0.2, 0) is 24.8 Å². The zero-order valence-electron chi connectivity index (χ0n) is 15.6. The van der Waals surface area contributed by atoms with Crippen molar-refractivity contribution in [1.82, 2.24) is 14.7 Å². The number of fused-ring (bicyclic) bond motifs is 1. The fraction of sp³-hybridized carbons (Fsp3) is 0.273. The van der Waals surface area contributed by atoms with Gasteiger partial charge in [-0.15, -0.1) is 0 Å². The number of para-hydroxylation sites is 1. The van der Waals surface area contributed by atoms with Gasteiger partial charge in [0.1, 0.15) is 5.75 Å². The minimum absolute atomic E-state index is 0.114. The van der Waals surface area contributed by atoms with Crippen LogP contribution in [0.3, 0.4) is 0 Å². The fourth-order valence-electron chi connectivity index (χ4n) is 3.83. The van der Waals surface area contributed by atoms with E-state index in [0.29, 0.717) is 19.5 Å². The average Bonchev–Trinajstić information content (AvgIpc) is 3.13. The molecule has 0 spiro atoms. The van der Waals surface area contributed by atoms with E-state index in [1.807, 2.05) is 59.4 Å². The molecule has 1 unspecified atom stereocenters. The number of ether oxygens (including phenoxy) is 1. The standard InChI is InChI=1S/C22H23N3O2/c1-24-13-18(12-23-24)20-15-25(14-17-8-3-5-9-19(17)20)22(26)11-16-7-4-6-10-21(16)27-2/h3-10,12-13,20H,11,14-15H2,1-2H3. The van der Waals surface area contributed by atoms with E-state index in [9.17, 15) is 4.79 Å². The molecule has 1 aliphatic rings. The first kappa shape index (κ1) is 17.3. The lowest BCUT2D eigenvalue weighted by molar-refractivity contribution is -0.131. The average molecular weight is 361 g/mol. The van der Waals surface area contributed by atoms with Gasteiger partial charge >= 0.3 is 0 Å². The van der Waals surface area contributed by atoms with Gasteiger partial charge in [-0.3, -0.25) is 9.48 Å². The van der Waals surface area contributed by atoms with Crippen LogP contribution < -0.4 is 4.74 Å². The predicted octanol–water partition coefficient (Wildman–Crippen LogP) is 3.15. The molecule has 2 aromatic carbocycles. The Balaban J connectivity index is 1.62. The van der Waals surface area contributed by atoms with Crippen LogP contribution in [-0.4, -0.2) is 34.2 Å². The predicted molar refractivity (Wildman–Crippen MR) is 104 cm³/mol. The van der Waals surface area contributed by atoms with Crippen LogP contribution in [0.4, 0.5) is 0 Å². The van der Waals surface area contributed by atoms with Crippen LogP contribution in [0.2, 0.25) is 0 Å². The SMILES string of the molecule is COc1ccccc1CC(=O)N1Cc2ccccc2C(c2cnn(C)c2)C1. The summed E-state index contributed by atoms with van der Waals surface area (Å²) in [5.41, 5.74) is 4.54. The summed E-state index contributed by atoms with van der Waals surface area (Å²) in [5, 5.41) is 4.32. The summed E-state index contributed by atoms with van der Waals surface area (Å²) in [6.07, 6.45) is 4.28. The van der Waals surface area contributed by atoms with Crippen molar-refractivity contribution < 1.29 is 9.53 Å². The third-order valence-electron chi connectivity index (χ3n) is 5.21. The van der Waals surface area contributed by atoms with E-state index < -0.39 is 0 Å². The highest BCUT2D eigenvalue weighted by Crippen LogP contribution is 2.33. The molecule has 0 N–H and O–H groups in total. The molecule has 0 radical (unpaired) electrons. The molecule has 0 aliphatic carbocycles. The molecule has 5 heteroatoms. The highest BCUT2D eigenvalue weighted by molar-refractivity contribution is 5.80.